The largest absolute Gasteiger partial charge is 0.0804 e. The van der Waals surface area contributed by atoms with E-state index in [1.165, 1.54) is 61.0 Å². The van der Waals surface area contributed by atoms with Gasteiger partial charge in [0.05, 0.1) is 0 Å². The molecule has 0 heteroatoms. The van der Waals surface area contributed by atoms with Crippen molar-refractivity contribution in [3.63, 3.8) is 0 Å². The summed E-state index contributed by atoms with van der Waals surface area (Å²) < 4.78 is 0. The van der Waals surface area contributed by atoms with Gasteiger partial charge >= 0.3 is 0 Å². The third kappa shape index (κ3) is 3.70. The molecule has 168 valence electrons. The fourth-order valence-electron chi connectivity index (χ4n) is 6.22. The Labute approximate surface area is 199 Å². The van der Waals surface area contributed by atoms with E-state index in [1.807, 2.05) is 0 Å². The normalized spacial score (nSPS) is 21.3. The molecule has 0 aromatic heterocycles. The number of aryl methyl sites for hydroxylation is 1. The molecule has 0 nitrogen and oxygen atoms in total. The Morgan fingerprint density at radius 2 is 1.91 bits per heavy atom. The molecule has 1 unspecified atom stereocenters. The Hall–Kier alpha value is -2.86. The first-order valence-corrected chi connectivity index (χ1v) is 12.8. The van der Waals surface area contributed by atoms with Gasteiger partial charge in [-0.2, -0.15) is 0 Å². The first-order chi connectivity index (χ1) is 16.0. The average Bonchev–Trinajstić information content (AvgIpc) is 2.83. The van der Waals surface area contributed by atoms with E-state index in [1.54, 1.807) is 5.57 Å². The van der Waals surface area contributed by atoms with E-state index in [0.29, 0.717) is 11.8 Å². The zero-order valence-corrected chi connectivity index (χ0v) is 20.8. The van der Waals surface area contributed by atoms with Gasteiger partial charge in [-0.3, -0.25) is 0 Å². The lowest BCUT2D eigenvalue weighted by molar-refractivity contribution is 0.725. The summed E-state index contributed by atoms with van der Waals surface area (Å²) in [5, 5.41) is 5.61. The molecule has 1 atom stereocenters. The number of allylic oxidation sites excluding steroid dienone is 10. The van der Waals surface area contributed by atoms with Crippen LogP contribution >= 0.6 is 0 Å². The van der Waals surface area contributed by atoms with Crippen LogP contribution in [0.25, 0.3) is 22.4 Å². The van der Waals surface area contributed by atoms with Crippen LogP contribution in [-0.4, -0.2) is 0 Å². The van der Waals surface area contributed by atoms with Gasteiger partial charge in [-0.1, -0.05) is 87.6 Å². The van der Waals surface area contributed by atoms with E-state index < -0.39 is 0 Å². The van der Waals surface area contributed by atoms with Crippen molar-refractivity contribution in [1.82, 2.24) is 0 Å². The Balaban J connectivity index is 1.94. The molecule has 0 spiro atoms. The fourth-order valence-corrected chi connectivity index (χ4v) is 6.22. The lowest BCUT2D eigenvalue weighted by Crippen LogP contribution is -2.23. The Morgan fingerprint density at radius 1 is 1.09 bits per heavy atom. The summed E-state index contributed by atoms with van der Waals surface area (Å²) in [4.78, 5) is 0. The molecule has 0 saturated carbocycles. The van der Waals surface area contributed by atoms with Crippen LogP contribution < -0.4 is 10.4 Å². The molecular formula is C33H36. The van der Waals surface area contributed by atoms with Gasteiger partial charge in [0.1, 0.15) is 0 Å². The highest BCUT2D eigenvalue weighted by molar-refractivity contribution is 5.90. The van der Waals surface area contributed by atoms with E-state index in [0.717, 1.165) is 19.3 Å². The van der Waals surface area contributed by atoms with Gasteiger partial charge in [-0.25, -0.2) is 0 Å². The number of hydrogen-bond donors (Lipinski definition) is 0. The molecule has 2 aromatic rings. The summed E-state index contributed by atoms with van der Waals surface area (Å²) in [7, 11) is 0. The minimum absolute atomic E-state index is 0.453. The number of hydrogen-bond acceptors (Lipinski definition) is 0. The van der Waals surface area contributed by atoms with Crippen molar-refractivity contribution in [1.29, 1.82) is 0 Å². The zero-order chi connectivity index (χ0) is 23.1. The van der Waals surface area contributed by atoms with Crippen LogP contribution in [0.3, 0.4) is 0 Å². The molecule has 0 bridgehead atoms. The SMILES string of the molecule is C/C=c1/cc(C)cc2cc/c(=C(/CC)C3=C4C=CC=CC4CC4=CCCC=C43)c(C(C)C)c12. The smallest absolute Gasteiger partial charge is 0.00678 e. The van der Waals surface area contributed by atoms with Crippen LogP contribution in [0.5, 0.6) is 0 Å². The fraction of sp³-hybridized carbons (Fsp3) is 0.333. The van der Waals surface area contributed by atoms with Crippen molar-refractivity contribution < 1.29 is 0 Å². The summed E-state index contributed by atoms with van der Waals surface area (Å²) >= 11 is 0. The van der Waals surface area contributed by atoms with Crippen molar-refractivity contribution in [2.24, 2.45) is 5.92 Å². The standard InChI is InChI=1S/C33H36/c1-6-23-18-22(5)19-26-16-17-30(31(21(3)4)32(23)26)27(7-2)33-28-14-10-8-12-24(28)20-25-13-9-11-15-29(25)33/h6,8,10,12-19,21,24H,7,9,11,20H2,1-5H3/b23-6-,30-27+. The third-order valence-electron chi connectivity index (χ3n) is 7.58. The van der Waals surface area contributed by atoms with Crippen molar-refractivity contribution in [2.75, 3.05) is 0 Å². The highest BCUT2D eigenvalue weighted by Gasteiger charge is 2.30. The Bertz CT molecular complexity index is 1400. The van der Waals surface area contributed by atoms with E-state index >= 15 is 0 Å². The summed E-state index contributed by atoms with van der Waals surface area (Å²) in [6.45, 7) is 11.5. The van der Waals surface area contributed by atoms with Gasteiger partial charge in [-0.15, -0.1) is 0 Å². The minimum atomic E-state index is 0.453. The Morgan fingerprint density at radius 3 is 2.67 bits per heavy atom. The average molecular weight is 433 g/mol. The highest BCUT2D eigenvalue weighted by Crippen LogP contribution is 2.46. The maximum atomic E-state index is 2.51. The van der Waals surface area contributed by atoms with E-state index in [-0.39, 0.29) is 0 Å². The number of benzene rings is 2. The monoisotopic (exact) mass is 432 g/mol. The van der Waals surface area contributed by atoms with Gasteiger partial charge in [-0.05, 0) is 106 Å². The molecule has 0 amide bonds. The maximum absolute atomic E-state index is 2.51. The summed E-state index contributed by atoms with van der Waals surface area (Å²) in [6.07, 6.45) is 21.1. The second-order valence-corrected chi connectivity index (χ2v) is 10.1. The van der Waals surface area contributed by atoms with Crippen molar-refractivity contribution in [3.05, 3.63) is 105 Å². The topological polar surface area (TPSA) is 0 Å². The molecule has 0 N–H and O–H groups in total. The van der Waals surface area contributed by atoms with Crippen LogP contribution in [0.15, 0.2) is 83.0 Å². The zero-order valence-electron chi connectivity index (χ0n) is 20.8. The van der Waals surface area contributed by atoms with E-state index in [2.05, 4.69) is 101 Å². The molecular weight excluding hydrogens is 396 g/mol. The highest BCUT2D eigenvalue weighted by atomic mass is 14.3. The predicted molar refractivity (Wildman–Crippen MR) is 145 cm³/mol. The van der Waals surface area contributed by atoms with Gasteiger partial charge in [0, 0.05) is 5.92 Å². The Kier molecular flexibility index (Phi) is 5.87. The molecule has 3 aliphatic carbocycles. The van der Waals surface area contributed by atoms with E-state index in [4.69, 9.17) is 0 Å². The van der Waals surface area contributed by atoms with Crippen molar-refractivity contribution in [2.45, 2.75) is 66.2 Å². The van der Waals surface area contributed by atoms with Crippen LogP contribution in [0.2, 0.25) is 0 Å². The summed E-state index contributed by atoms with van der Waals surface area (Å²) in [6, 6.07) is 9.48. The van der Waals surface area contributed by atoms with Crippen LogP contribution in [-0.2, 0) is 0 Å². The third-order valence-corrected chi connectivity index (χ3v) is 7.58. The number of rotatable bonds is 3. The molecule has 0 saturated heterocycles. The van der Waals surface area contributed by atoms with Gasteiger partial charge in [0.2, 0.25) is 0 Å². The summed E-state index contributed by atoms with van der Waals surface area (Å²) in [5.74, 6) is 0.951. The molecule has 0 radical (unpaired) electrons. The minimum Gasteiger partial charge on any atom is -0.0804 e. The van der Waals surface area contributed by atoms with Crippen LogP contribution in [0.4, 0.5) is 0 Å². The summed E-state index contributed by atoms with van der Waals surface area (Å²) in [5.41, 5.74) is 10.4. The predicted octanol–water partition coefficient (Wildman–Crippen LogP) is 7.72. The second-order valence-electron chi connectivity index (χ2n) is 10.1. The van der Waals surface area contributed by atoms with Gasteiger partial charge in [0.25, 0.3) is 0 Å². The van der Waals surface area contributed by atoms with Crippen LogP contribution in [0.1, 0.15) is 70.4 Å². The first-order valence-electron chi connectivity index (χ1n) is 12.8. The quantitative estimate of drug-likeness (QED) is 0.466. The second kappa shape index (κ2) is 8.82. The van der Waals surface area contributed by atoms with E-state index in [9.17, 15) is 0 Å². The molecule has 0 aliphatic heterocycles. The van der Waals surface area contributed by atoms with Crippen LogP contribution in [0, 0.1) is 12.8 Å². The molecule has 33 heavy (non-hydrogen) atoms. The molecule has 2 aromatic carbocycles. The molecule has 3 aliphatic rings. The first kappa shape index (κ1) is 22.0. The lowest BCUT2D eigenvalue weighted by Gasteiger charge is -2.34. The number of fused-ring (bicyclic) bond motifs is 3. The van der Waals surface area contributed by atoms with Gasteiger partial charge in [0.15, 0.2) is 0 Å². The maximum Gasteiger partial charge on any atom is 0.00678 e. The van der Waals surface area contributed by atoms with Gasteiger partial charge < -0.3 is 0 Å². The molecule has 0 heterocycles. The van der Waals surface area contributed by atoms with Crippen molar-refractivity contribution >= 4 is 22.4 Å². The molecule has 5 rings (SSSR count). The lowest BCUT2D eigenvalue weighted by atomic mass is 9.70. The molecule has 0 fully saturated rings. The van der Waals surface area contributed by atoms with Crippen molar-refractivity contribution in [3.8, 4) is 0 Å².